The summed E-state index contributed by atoms with van der Waals surface area (Å²) in [7, 11) is 0. The molecule has 0 radical (unpaired) electrons. The summed E-state index contributed by atoms with van der Waals surface area (Å²) in [6, 6.07) is 7.19. The normalized spacial score (nSPS) is 22.1. The molecule has 14 heavy (non-hydrogen) atoms. The molecule has 0 saturated heterocycles. The van der Waals surface area contributed by atoms with Crippen LogP contribution in [0.3, 0.4) is 0 Å². The summed E-state index contributed by atoms with van der Waals surface area (Å²) in [5.41, 5.74) is 10.7. The lowest BCUT2D eigenvalue weighted by Crippen LogP contribution is -2.12. The molecule has 1 aromatic carbocycles. The van der Waals surface area contributed by atoms with Gasteiger partial charge in [-0.15, -0.1) is 0 Å². The fourth-order valence-corrected chi connectivity index (χ4v) is 2.53. The van der Waals surface area contributed by atoms with Gasteiger partial charge in [-0.1, -0.05) is 18.2 Å². The predicted molar refractivity (Wildman–Crippen MR) is 58.1 cm³/mol. The Bertz CT molecular complexity index is 352. The maximum absolute atomic E-state index is 6.19. The standard InChI is InChI=1S/C13H17N/c14-13(10-5-6-10)12-7-4-9-2-1-3-11(9)8-12/h4,7-8,10,13H,1-3,5-6,14H2. The molecular weight excluding hydrogens is 170 g/mol. The minimum atomic E-state index is 0.306. The van der Waals surface area contributed by atoms with Gasteiger partial charge in [0.05, 0.1) is 0 Å². The van der Waals surface area contributed by atoms with Crippen molar-refractivity contribution < 1.29 is 0 Å². The molecule has 2 aliphatic carbocycles. The Morgan fingerprint density at radius 1 is 1.14 bits per heavy atom. The number of fused-ring (bicyclic) bond motifs is 1. The summed E-state index contributed by atoms with van der Waals surface area (Å²) in [6.45, 7) is 0. The molecule has 0 aromatic heterocycles. The van der Waals surface area contributed by atoms with E-state index in [4.69, 9.17) is 5.73 Å². The molecule has 1 aromatic rings. The summed E-state index contributed by atoms with van der Waals surface area (Å²) in [6.07, 6.45) is 6.53. The van der Waals surface area contributed by atoms with E-state index in [0.29, 0.717) is 6.04 Å². The highest BCUT2D eigenvalue weighted by Gasteiger charge is 2.29. The average molecular weight is 187 g/mol. The van der Waals surface area contributed by atoms with Gasteiger partial charge >= 0.3 is 0 Å². The summed E-state index contributed by atoms with van der Waals surface area (Å²) in [5, 5.41) is 0. The van der Waals surface area contributed by atoms with Crippen LogP contribution in [-0.4, -0.2) is 0 Å². The van der Waals surface area contributed by atoms with Crippen molar-refractivity contribution in [2.75, 3.05) is 0 Å². The van der Waals surface area contributed by atoms with E-state index in [1.165, 1.54) is 37.7 Å². The van der Waals surface area contributed by atoms with Crippen LogP contribution < -0.4 is 5.73 Å². The fraction of sp³-hybridized carbons (Fsp3) is 0.538. The van der Waals surface area contributed by atoms with Crippen molar-refractivity contribution in [2.24, 2.45) is 11.7 Å². The van der Waals surface area contributed by atoms with Crippen LogP contribution in [0.15, 0.2) is 18.2 Å². The average Bonchev–Trinajstić information content (AvgIpc) is 2.95. The van der Waals surface area contributed by atoms with E-state index in [9.17, 15) is 0 Å². The highest BCUT2D eigenvalue weighted by molar-refractivity contribution is 5.36. The number of benzene rings is 1. The lowest BCUT2D eigenvalue weighted by Gasteiger charge is -2.12. The van der Waals surface area contributed by atoms with E-state index in [-0.39, 0.29) is 0 Å². The van der Waals surface area contributed by atoms with Crippen LogP contribution in [0, 0.1) is 5.92 Å². The highest BCUT2D eigenvalue weighted by atomic mass is 14.7. The first-order valence-electron chi connectivity index (χ1n) is 5.72. The predicted octanol–water partition coefficient (Wildman–Crippen LogP) is 2.59. The van der Waals surface area contributed by atoms with Crippen molar-refractivity contribution in [3.05, 3.63) is 34.9 Å². The van der Waals surface area contributed by atoms with Gasteiger partial charge < -0.3 is 5.73 Å². The van der Waals surface area contributed by atoms with Crippen molar-refractivity contribution in [2.45, 2.75) is 38.1 Å². The molecule has 1 heteroatoms. The van der Waals surface area contributed by atoms with Gasteiger partial charge in [-0.2, -0.15) is 0 Å². The summed E-state index contributed by atoms with van der Waals surface area (Å²) >= 11 is 0. The molecule has 2 aliphatic rings. The smallest absolute Gasteiger partial charge is 0.0323 e. The van der Waals surface area contributed by atoms with E-state index >= 15 is 0 Å². The van der Waals surface area contributed by atoms with Crippen LogP contribution in [-0.2, 0) is 12.8 Å². The lowest BCUT2D eigenvalue weighted by atomic mass is 9.99. The zero-order valence-electron chi connectivity index (χ0n) is 8.50. The van der Waals surface area contributed by atoms with Gasteiger partial charge in [0.25, 0.3) is 0 Å². The van der Waals surface area contributed by atoms with Crippen molar-refractivity contribution >= 4 is 0 Å². The maximum atomic E-state index is 6.19. The lowest BCUT2D eigenvalue weighted by molar-refractivity contribution is 0.633. The number of aryl methyl sites for hydroxylation is 2. The molecule has 1 fully saturated rings. The summed E-state index contributed by atoms with van der Waals surface area (Å²) in [4.78, 5) is 0. The molecule has 0 spiro atoms. The third kappa shape index (κ3) is 1.36. The molecule has 0 bridgehead atoms. The van der Waals surface area contributed by atoms with Gasteiger partial charge in [-0.05, 0) is 54.7 Å². The molecule has 1 atom stereocenters. The molecule has 2 N–H and O–H groups in total. The summed E-state index contributed by atoms with van der Waals surface area (Å²) in [5.74, 6) is 0.773. The zero-order chi connectivity index (χ0) is 9.54. The first-order valence-corrected chi connectivity index (χ1v) is 5.72. The third-order valence-corrected chi connectivity index (χ3v) is 3.64. The molecule has 0 amide bonds. The van der Waals surface area contributed by atoms with Crippen LogP contribution in [0.25, 0.3) is 0 Å². The van der Waals surface area contributed by atoms with E-state index in [1.807, 2.05) is 0 Å². The molecule has 1 saturated carbocycles. The molecular formula is C13H17N. The Morgan fingerprint density at radius 3 is 2.71 bits per heavy atom. The van der Waals surface area contributed by atoms with Crippen LogP contribution in [0.5, 0.6) is 0 Å². The van der Waals surface area contributed by atoms with Crippen LogP contribution >= 0.6 is 0 Å². The second kappa shape index (κ2) is 3.09. The van der Waals surface area contributed by atoms with Gasteiger partial charge in [-0.3, -0.25) is 0 Å². The number of hydrogen-bond acceptors (Lipinski definition) is 1. The molecule has 0 heterocycles. The van der Waals surface area contributed by atoms with Crippen molar-refractivity contribution in [1.29, 1.82) is 0 Å². The number of hydrogen-bond donors (Lipinski definition) is 1. The Morgan fingerprint density at radius 2 is 1.93 bits per heavy atom. The maximum Gasteiger partial charge on any atom is 0.0323 e. The van der Waals surface area contributed by atoms with E-state index in [2.05, 4.69) is 18.2 Å². The topological polar surface area (TPSA) is 26.0 Å². The van der Waals surface area contributed by atoms with E-state index in [1.54, 1.807) is 11.1 Å². The van der Waals surface area contributed by atoms with Gasteiger partial charge in [0.15, 0.2) is 0 Å². The Labute approximate surface area is 85.3 Å². The fourth-order valence-electron chi connectivity index (χ4n) is 2.53. The molecule has 3 rings (SSSR count). The Kier molecular flexibility index (Phi) is 1.88. The van der Waals surface area contributed by atoms with Crippen molar-refractivity contribution in [3.63, 3.8) is 0 Å². The van der Waals surface area contributed by atoms with Gasteiger partial charge in [-0.25, -0.2) is 0 Å². The highest BCUT2D eigenvalue weighted by Crippen LogP contribution is 2.40. The second-order valence-electron chi connectivity index (χ2n) is 4.74. The van der Waals surface area contributed by atoms with Crippen molar-refractivity contribution in [1.82, 2.24) is 0 Å². The van der Waals surface area contributed by atoms with Crippen LogP contribution in [0.2, 0.25) is 0 Å². The zero-order valence-corrected chi connectivity index (χ0v) is 8.50. The van der Waals surface area contributed by atoms with Gasteiger partial charge in [0.1, 0.15) is 0 Å². The van der Waals surface area contributed by atoms with Crippen molar-refractivity contribution in [3.8, 4) is 0 Å². The minimum Gasteiger partial charge on any atom is -0.324 e. The molecule has 1 nitrogen and oxygen atoms in total. The second-order valence-corrected chi connectivity index (χ2v) is 4.74. The molecule has 1 unspecified atom stereocenters. The largest absolute Gasteiger partial charge is 0.324 e. The SMILES string of the molecule is NC(c1ccc2c(c1)CCC2)C1CC1. The Balaban J connectivity index is 1.91. The molecule has 0 aliphatic heterocycles. The minimum absolute atomic E-state index is 0.306. The quantitative estimate of drug-likeness (QED) is 0.756. The van der Waals surface area contributed by atoms with Crippen LogP contribution in [0.4, 0.5) is 0 Å². The summed E-state index contributed by atoms with van der Waals surface area (Å²) < 4.78 is 0. The first-order chi connectivity index (χ1) is 6.84. The Hall–Kier alpha value is -0.820. The van der Waals surface area contributed by atoms with E-state index in [0.717, 1.165) is 5.92 Å². The first kappa shape index (κ1) is 8.49. The van der Waals surface area contributed by atoms with Gasteiger partial charge in [0.2, 0.25) is 0 Å². The van der Waals surface area contributed by atoms with Crippen LogP contribution in [0.1, 0.15) is 42.0 Å². The number of nitrogens with two attached hydrogens (primary N) is 1. The van der Waals surface area contributed by atoms with Gasteiger partial charge in [0, 0.05) is 6.04 Å². The third-order valence-electron chi connectivity index (χ3n) is 3.64. The monoisotopic (exact) mass is 187 g/mol. The molecule has 74 valence electrons. The number of rotatable bonds is 2. The van der Waals surface area contributed by atoms with E-state index < -0.39 is 0 Å².